The van der Waals surface area contributed by atoms with Gasteiger partial charge in [0.2, 0.25) is 5.91 Å². The van der Waals surface area contributed by atoms with E-state index < -0.39 is 29.6 Å². The quantitative estimate of drug-likeness (QED) is 0.548. The Balaban J connectivity index is 1.42. The Labute approximate surface area is 199 Å². The van der Waals surface area contributed by atoms with Gasteiger partial charge in [-0.1, -0.05) is 67.8 Å². The summed E-state index contributed by atoms with van der Waals surface area (Å²) in [5.41, 5.74) is 3.22. The van der Waals surface area contributed by atoms with Crippen LogP contribution in [-0.2, 0) is 14.3 Å². The molecule has 0 bridgehead atoms. The number of carboxylic acids is 1. The second-order valence-electron chi connectivity index (χ2n) is 9.74. The minimum atomic E-state index is -1.38. The van der Waals surface area contributed by atoms with Gasteiger partial charge in [0.15, 0.2) is 0 Å². The zero-order chi connectivity index (χ0) is 24.3. The Kier molecular flexibility index (Phi) is 6.91. The van der Waals surface area contributed by atoms with Gasteiger partial charge in [-0.05, 0) is 48.9 Å². The number of nitrogens with one attached hydrogen (secondary N) is 2. The summed E-state index contributed by atoms with van der Waals surface area (Å²) in [6.07, 6.45) is 3.40. The number of rotatable bonds is 6. The number of amides is 2. The molecule has 3 N–H and O–H groups in total. The number of carboxylic acid groups (broad SMARTS) is 1. The fourth-order valence-corrected chi connectivity index (χ4v) is 5.04. The van der Waals surface area contributed by atoms with Gasteiger partial charge >= 0.3 is 12.1 Å². The van der Waals surface area contributed by atoms with Gasteiger partial charge in [0, 0.05) is 12.0 Å². The molecular formula is C27H32N2O5. The monoisotopic (exact) mass is 464 g/mol. The Bertz CT molecular complexity index is 1030. The molecule has 4 rings (SSSR count). The van der Waals surface area contributed by atoms with E-state index in [4.69, 9.17) is 4.74 Å². The third-order valence-corrected chi connectivity index (χ3v) is 6.97. The number of benzene rings is 2. The lowest BCUT2D eigenvalue weighted by Gasteiger charge is -2.29. The topological polar surface area (TPSA) is 105 Å². The first-order chi connectivity index (χ1) is 16.3. The maximum absolute atomic E-state index is 12.9. The maximum atomic E-state index is 12.9. The summed E-state index contributed by atoms with van der Waals surface area (Å²) in [6, 6.07) is 15.9. The Morgan fingerprint density at radius 1 is 0.941 bits per heavy atom. The molecule has 0 saturated heterocycles. The first-order valence-electron chi connectivity index (χ1n) is 11.9. The van der Waals surface area contributed by atoms with E-state index in [0.717, 1.165) is 41.5 Å². The van der Waals surface area contributed by atoms with Crippen molar-refractivity contribution in [2.75, 3.05) is 6.61 Å². The highest BCUT2D eigenvalue weighted by molar-refractivity contribution is 5.88. The Morgan fingerprint density at radius 3 is 2.15 bits per heavy atom. The van der Waals surface area contributed by atoms with Crippen molar-refractivity contribution in [2.45, 2.75) is 63.5 Å². The summed E-state index contributed by atoms with van der Waals surface area (Å²) in [5.74, 6) is -1.99. The molecule has 1 saturated carbocycles. The standard InChI is InChI=1S/C27H32N2O5/c1-27(2,25(31)32)29-24(30)21-14-4-3-5-15-23(21)28-26(33)34-16-22-19-12-8-6-10-17(19)18-11-7-9-13-20(18)22/h6-13,21-23H,3-5,14-16H2,1-2H3,(H,28,33)(H,29,30)(H,31,32)/t21-,23+/m0/s1. The van der Waals surface area contributed by atoms with Crippen LogP contribution in [0.15, 0.2) is 48.5 Å². The number of ether oxygens (including phenoxy) is 1. The number of hydrogen-bond donors (Lipinski definition) is 3. The zero-order valence-corrected chi connectivity index (χ0v) is 19.7. The molecule has 2 aromatic carbocycles. The number of carbonyl (C=O) groups is 3. The number of carbonyl (C=O) groups excluding carboxylic acids is 2. The van der Waals surface area contributed by atoms with Crippen LogP contribution >= 0.6 is 0 Å². The predicted molar refractivity (Wildman–Crippen MR) is 128 cm³/mol. The fourth-order valence-electron chi connectivity index (χ4n) is 5.04. The summed E-state index contributed by atoms with van der Waals surface area (Å²) in [4.78, 5) is 37.2. The molecular weight excluding hydrogens is 432 g/mol. The summed E-state index contributed by atoms with van der Waals surface area (Å²) >= 11 is 0. The largest absolute Gasteiger partial charge is 0.480 e. The molecule has 2 atom stereocenters. The van der Waals surface area contributed by atoms with Crippen LogP contribution in [0.2, 0.25) is 0 Å². The van der Waals surface area contributed by atoms with E-state index in [9.17, 15) is 19.5 Å². The Morgan fingerprint density at radius 2 is 1.53 bits per heavy atom. The van der Waals surface area contributed by atoms with Crippen LogP contribution in [0.3, 0.4) is 0 Å². The van der Waals surface area contributed by atoms with Gasteiger partial charge in [-0.15, -0.1) is 0 Å². The lowest BCUT2D eigenvalue weighted by molar-refractivity contribution is -0.147. The van der Waals surface area contributed by atoms with Gasteiger partial charge in [-0.25, -0.2) is 9.59 Å². The van der Waals surface area contributed by atoms with Crippen molar-refractivity contribution in [1.82, 2.24) is 10.6 Å². The van der Waals surface area contributed by atoms with E-state index >= 15 is 0 Å². The average molecular weight is 465 g/mol. The predicted octanol–water partition coefficient (Wildman–Crippen LogP) is 4.45. The molecule has 0 aliphatic heterocycles. The first-order valence-corrected chi connectivity index (χ1v) is 11.9. The second-order valence-corrected chi connectivity index (χ2v) is 9.74. The molecule has 0 radical (unpaired) electrons. The Hall–Kier alpha value is -3.35. The minimum absolute atomic E-state index is 0.0391. The first kappa shape index (κ1) is 23.8. The molecule has 1 fully saturated rings. The lowest BCUT2D eigenvalue weighted by atomic mass is 9.92. The number of alkyl carbamates (subject to hydrolysis) is 1. The lowest BCUT2D eigenvalue weighted by Crippen LogP contribution is -2.55. The summed E-state index contributed by atoms with van der Waals surface area (Å²) < 4.78 is 5.67. The van der Waals surface area contributed by atoms with E-state index in [1.165, 1.54) is 13.8 Å². The highest BCUT2D eigenvalue weighted by atomic mass is 16.5. The number of hydrogen-bond acceptors (Lipinski definition) is 4. The maximum Gasteiger partial charge on any atom is 0.407 e. The van der Waals surface area contributed by atoms with Crippen molar-refractivity contribution in [1.29, 1.82) is 0 Å². The van der Waals surface area contributed by atoms with Crippen molar-refractivity contribution in [3.8, 4) is 11.1 Å². The molecule has 2 aliphatic carbocycles. The van der Waals surface area contributed by atoms with E-state index in [-0.39, 0.29) is 18.4 Å². The minimum Gasteiger partial charge on any atom is -0.480 e. The van der Waals surface area contributed by atoms with Gasteiger partial charge in [0.05, 0.1) is 5.92 Å². The van der Waals surface area contributed by atoms with Crippen LogP contribution in [0.5, 0.6) is 0 Å². The third-order valence-electron chi connectivity index (χ3n) is 6.97. The second kappa shape index (κ2) is 9.87. The molecule has 0 heterocycles. The molecule has 2 aromatic rings. The van der Waals surface area contributed by atoms with Crippen molar-refractivity contribution in [3.63, 3.8) is 0 Å². The van der Waals surface area contributed by atoms with Gasteiger partial charge in [0.25, 0.3) is 0 Å². The molecule has 34 heavy (non-hydrogen) atoms. The fraction of sp³-hybridized carbons (Fsp3) is 0.444. The van der Waals surface area contributed by atoms with Crippen LogP contribution < -0.4 is 10.6 Å². The molecule has 0 spiro atoms. The van der Waals surface area contributed by atoms with E-state index in [0.29, 0.717) is 12.8 Å². The van der Waals surface area contributed by atoms with E-state index in [1.807, 2.05) is 24.3 Å². The third kappa shape index (κ3) is 4.93. The van der Waals surface area contributed by atoms with Crippen LogP contribution in [0, 0.1) is 5.92 Å². The number of fused-ring (bicyclic) bond motifs is 3. The van der Waals surface area contributed by atoms with E-state index in [2.05, 4.69) is 34.9 Å². The number of aliphatic carboxylic acids is 1. The molecule has 7 heteroatoms. The van der Waals surface area contributed by atoms with Crippen LogP contribution in [0.1, 0.15) is 63.0 Å². The molecule has 180 valence electrons. The van der Waals surface area contributed by atoms with Crippen molar-refractivity contribution in [2.24, 2.45) is 5.92 Å². The van der Waals surface area contributed by atoms with Gasteiger partial charge in [0.1, 0.15) is 12.1 Å². The van der Waals surface area contributed by atoms with Crippen LogP contribution in [-0.4, -0.2) is 41.3 Å². The van der Waals surface area contributed by atoms with Crippen molar-refractivity contribution >= 4 is 18.0 Å². The molecule has 0 aromatic heterocycles. The summed E-state index contributed by atoms with van der Waals surface area (Å²) in [6.45, 7) is 3.12. The molecule has 2 amide bonds. The van der Waals surface area contributed by atoms with Crippen molar-refractivity contribution < 1.29 is 24.2 Å². The van der Waals surface area contributed by atoms with E-state index in [1.54, 1.807) is 0 Å². The molecule has 0 unspecified atom stereocenters. The van der Waals surface area contributed by atoms with Crippen LogP contribution in [0.25, 0.3) is 11.1 Å². The average Bonchev–Trinajstić information content (AvgIpc) is 2.94. The highest BCUT2D eigenvalue weighted by Gasteiger charge is 2.37. The van der Waals surface area contributed by atoms with Gasteiger partial charge in [-0.2, -0.15) is 0 Å². The normalized spacial score (nSPS) is 19.9. The zero-order valence-electron chi connectivity index (χ0n) is 19.7. The van der Waals surface area contributed by atoms with Crippen LogP contribution in [0.4, 0.5) is 4.79 Å². The highest BCUT2D eigenvalue weighted by Crippen LogP contribution is 2.44. The molecule has 7 nitrogen and oxygen atoms in total. The molecule has 2 aliphatic rings. The SMILES string of the molecule is CC(C)(NC(=O)[C@H]1CCCCC[C@H]1NC(=O)OCC1c2ccccc2-c2ccccc21)C(=O)O. The summed E-state index contributed by atoms with van der Waals surface area (Å²) in [7, 11) is 0. The van der Waals surface area contributed by atoms with Crippen molar-refractivity contribution in [3.05, 3.63) is 59.7 Å². The van der Waals surface area contributed by atoms with Gasteiger partial charge in [-0.3, -0.25) is 4.79 Å². The summed E-state index contributed by atoms with van der Waals surface area (Å²) in [5, 5.41) is 14.9. The smallest absolute Gasteiger partial charge is 0.407 e. The van der Waals surface area contributed by atoms with Gasteiger partial charge < -0.3 is 20.5 Å².